The lowest BCUT2D eigenvalue weighted by Crippen LogP contribution is -2.06. The van der Waals surface area contributed by atoms with Gasteiger partial charge in [0.15, 0.2) is 5.65 Å². The van der Waals surface area contributed by atoms with Crippen molar-refractivity contribution in [3.05, 3.63) is 48.3 Å². The Morgan fingerprint density at radius 2 is 1.87 bits per heavy atom. The van der Waals surface area contributed by atoms with Crippen LogP contribution in [-0.4, -0.2) is 21.1 Å². The fraction of sp³-hybridized carbons (Fsp3) is 0.235. The summed E-state index contributed by atoms with van der Waals surface area (Å²) >= 11 is 0. The third-order valence-corrected chi connectivity index (χ3v) is 3.27. The molecule has 0 amide bonds. The topological polar surface area (TPSA) is 86.0 Å². The van der Waals surface area contributed by atoms with Crippen LogP contribution in [0.1, 0.15) is 19.4 Å². The molecule has 3 N–H and O–H groups in total. The number of fused-ring (bicyclic) bond motifs is 1. The molecule has 0 aliphatic carbocycles. The summed E-state index contributed by atoms with van der Waals surface area (Å²) in [5.41, 5.74) is 7.41. The smallest absolute Gasteiger partial charge is 0.166 e. The van der Waals surface area contributed by atoms with Crippen molar-refractivity contribution in [2.75, 3.05) is 11.1 Å². The van der Waals surface area contributed by atoms with Gasteiger partial charge in [0.05, 0.1) is 11.5 Å². The molecule has 0 bridgehead atoms. The molecule has 3 rings (SSSR count). The summed E-state index contributed by atoms with van der Waals surface area (Å²) in [5.74, 6) is 2.06. The molecule has 0 aliphatic rings. The van der Waals surface area contributed by atoms with Gasteiger partial charge in [-0.1, -0.05) is 12.1 Å². The summed E-state index contributed by atoms with van der Waals surface area (Å²) in [5, 5.41) is 4.16. The monoisotopic (exact) mass is 309 g/mol. The van der Waals surface area contributed by atoms with E-state index in [0.717, 1.165) is 22.5 Å². The highest BCUT2D eigenvalue weighted by molar-refractivity contribution is 5.86. The zero-order chi connectivity index (χ0) is 16.2. The molecule has 0 aliphatic heterocycles. The van der Waals surface area contributed by atoms with Gasteiger partial charge in [-0.2, -0.15) is 0 Å². The Labute approximate surface area is 134 Å². The second-order valence-electron chi connectivity index (χ2n) is 5.49. The van der Waals surface area contributed by atoms with E-state index in [-0.39, 0.29) is 6.10 Å². The van der Waals surface area contributed by atoms with Gasteiger partial charge in [-0.05, 0) is 43.7 Å². The molecule has 0 saturated heterocycles. The van der Waals surface area contributed by atoms with E-state index >= 15 is 0 Å². The number of nitrogens with two attached hydrogens (primary N) is 1. The molecule has 0 unspecified atom stereocenters. The molecule has 2 aromatic heterocycles. The summed E-state index contributed by atoms with van der Waals surface area (Å²) < 4.78 is 5.64. The Morgan fingerprint density at radius 3 is 2.61 bits per heavy atom. The van der Waals surface area contributed by atoms with Crippen LogP contribution in [0.5, 0.6) is 5.75 Å². The van der Waals surface area contributed by atoms with Crippen LogP contribution in [0.3, 0.4) is 0 Å². The van der Waals surface area contributed by atoms with E-state index < -0.39 is 0 Å². The van der Waals surface area contributed by atoms with Crippen molar-refractivity contribution in [1.82, 2.24) is 15.0 Å². The zero-order valence-corrected chi connectivity index (χ0v) is 13.2. The number of nitrogen functional groups attached to an aromatic ring is 1. The summed E-state index contributed by atoms with van der Waals surface area (Å²) in [4.78, 5) is 12.6. The van der Waals surface area contributed by atoms with E-state index in [1.807, 2.05) is 44.2 Å². The van der Waals surface area contributed by atoms with Crippen LogP contribution in [0.2, 0.25) is 0 Å². The van der Waals surface area contributed by atoms with E-state index in [1.165, 1.54) is 6.33 Å². The second-order valence-corrected chi connectivity index (χ2v) is 5.49. The molecule has 6 nitrogen and oxygen atoms in total. The fourth-order valence-electron chi connectivity index (χ4n) is 2.24. The Balaban J connectivity index is 1.73. The third kappa shape index (κ3) is 3.66. The van der Waals surface area contributed by atoms with Crippen molar-refractivity contribution < 1.29 is 4.74 Å². The van der Waals surface area contributed by atoms with E-state index in [9.17, 15) is 0 Å². The van der Waals surface area contributed by atoms with Crippen LogP contribution in [0.15, 0.2) is 42.7 Å². The normalized spacial score (nSPS) is 10.9. The van der Waals surface area contributed by atoms with Crippen LogP contribution in [0, 0.1) is 0 Å². The van der Waals surface area contributed by atoms with Crippen LogP contribution in [-0.2, 0) is 6.54 Å². The molecule has 0 spiro atoms. The first-order valence-electron chi connectivity index (χ1n) is 7.48. The number of ether oxygens (including phenoxy) is 1. The van der Waals surface area contributed by atoms with Crippen molar-refractivity contribution in [3.8, 4) is 5.75 Å². The standard InChI is InChI=1S/C17H19N5O/c1-11(2)23-13-5-3-12(4-6-13)9-19-16-14-7-8-15(18)22-17(14)21-10-20-16/h3-8,10-11H,9H2,1-2H3,(H3,18,19,20,21,22). The molecule has 0 saturated carbocycles. The molecule has 0 atom stereocenters. The molecular formula is C17H19N5O. The van der Waals surface area contributed by atoms with E-state index in [4.69, 9.17) is 10.5 Å². The molecule has 3 aromatic rings. The number of anilines is 2. The number of pyridine rings is 1. The average Bonchev–Trinajstić information content (AvgIpc) is 2.53. The molecule has 6 heteroatoms. The highest BCUT2D eigenvalue weighted by atomic mass is 16.5. The first kappa shape index (κ1) is 15.0. The quantitative estimate of drug-likeness (QED) is 0.753. The number of hydrogen-bond donors (Lipinski definition) is 2. The summed E-state index contributed by atoms with van der Waals surface area (Å²) in [7, 11) is 0. The number of rotatable bonds is 5. The molecule has 2 heterocycles. The minimum absolute atomic E-state index is 0.172. The second kappa shape index (κ2) is 6.48. The molecule has 1 aromatic carbocycles. The molecule has 0 radical (unpaired) electrons. The summed E-state index contributed by atoms with van der Waals surface area (Å²) in [6.07, 6.45) is 1.66. The molecule has 118 valence electrons. The van der Waals surface area contributed by atoms with Gasteiger partial charge in [0.25, 0.3) is 0 Å². The minimum atomic E-state index is 0.172. The SMILES string of the molecule is CC(C)Oc1ccc(CNc2ncnc3nc(N)ccc23)cc1. The predicted octanol–water partition coefficient (Wildman–Crippen LogP) is 3.01. The average molecular weight is 309 g/mol. The fourth-order valence-corrected chi connectivity index (χ4v) is 2.24. The van der Waals surface area contributed by atoms with Gasteiger partial charge >= 0.3 is 0 Å². The Kier molecular flexibility index (Phi) is 4.23. The maximum absolute atomic E-state index is 5.68. The molecule has 0 fully saturated rings. The van der Waals surface area contributed by atoms with Gasteiger partial charge < -0.3 is 15.8 Å². The first-order valence-corrected chi connectivity index (χ1v) is 7.48. The Morgan fingerprint density at radius 1 is 1.09 bits per heavy atom. The Hall–Kier alpha value is -2.89. The summed E-state index contributed by atoms with van der Waals surface area (Å²) in [6, 6.07) is 11.6. The highest BCUT2D eigenvalue weighted by Gasteiger charge is 2.05. The van der Waals surface area contributed by atoms with Crippen molar-refractivity contribution in [1.29, 1.82) is 0 Å². The summed E-state index contributed by atoms with van der Waals surface area (Å²) in [6.45, 7) is 4.67. The predicted molar refractivity (Wildman–Crippen MR) is 91.3 cm³/mol. The van der Waals surface area contributed by atoms with Gasteiger partial charge in [-0.15, -0.1) is 0 Å². The number of hydrogen-bond acceptors (Lipinski definition) is 6. The van der Waals surface area contributed by atoms with Crippen LogP contribution < -0.4 is 15.8 Å². The lowest BCUT2D eigenvalue weighted by Gasteiger charge is -2.11. The minimum Gasteiger partial charge on any atom is -0.491 e. The number of benzene rings is 1. The molecule has 23 heavy (non-hydrogen) atoms. The van der Waals surface area contributed by atoms with Gasteiger partial charge in [0, 0.05) is 6.54 Å². The largest absolute Gasteiger partial charge is 0.491 e. The Bertz CT molecular complexity index is 802. The highest BCUT2D eigenvalue weighted by Crippen LogP contribution is 2.20. The van der Waals surface area contributed by atoms with Crippen molar-refractivity contribution in [2.24, 2.45) is 0 Å². The van der Waals surface area contributed by atoms with Gasteiger partial charge in [-0.3, -0.25) is 0 Å². The lowest BCUT2D eigenvalue weighted by atomic mass is 10.2. The van der Waals surface area contributed by atoms with Crippen molar-refractivity contribution in [3.63, 3.8) is 0 Å². The molecular weight excluding hydrogens is 290 g/mol. The van der Waals surface area contributed by atoms with Gasteiger partial charge in [0.2, 0.25) is 0 Å². The van der Waals surface area contributed by atoms with Crippen LogP contribution in [0.4, 0.5) is 11.6 Å². The first-order chi connectivity index (χ1) is 11.1. The van der Waals surface area contributed by atoms with E-state index in [0.29, 0.717) is 18.0 Å². The zero-order valence-electron chi connectivity index (χ0n) is 13.2. The van der Waals surface area contributed by atoms with Crippen LogP contribution in [0.25, 0.3) is 11.0 Å². The maximum atomic E-state index is 5.68. The van der Waals surface area contributed by atoms with Gasteiger partial charge in [-0.25, -0.2) is 15.0 Å². The number of aromatic nitrogens is 3. The van der Waals surface area contributed by atoms with Crippen molar-refractivity contribution >= 4 is 22.7 Å². The van der Waals surface area contributed by atoms with Gasteiger partial charge in [0.1, 0.15) is 23.7 Å². The lowest BCUT2D eigenvalue weighted by molar-refractivity contribution is 0.242. The number of nitrogens with one attached hydrogen (secondary N) is 1. The van der Waals surface area contributed by atoms with Crippen molar-refractivity contribution in [2.45, 2.75) is 26.5 Å². The van der Waals surface area contributed by atoms with E-state index in [1.54, 1.807) is 6.07 Å². The maximum Gasteiger partial charge on any atom is 0.166 e. The van der Waals surface area contributed by atoms with E-state index in [2.05, 4.69) is 20.3 Å². The number of nitrogens with zero attached hydrogens (tertiary/aromatic N) is 3. The van der Waals surface area contributed by atoms with Crippen LogP contribution >= 0.6 is 0 Å². The third-order valence-electron chi connectivity index (χ3n) is 3.27.